The summed E-state index contributed by atoms with van der Waals surface area (Å²) in [4.78, 5) is 12.6. The van der Waals surface area contributed by atoms with E-state index in [0.717, 1.165) is 23.1 Å². The lowest BCUT2D eigenvalue weighted by atomic mass is 10.1. The first kappa shape index (κ1) is 21.9. The van der Waals surface area contributed by atoms with Gasteiger partial charge < -0.3 is 5.32 Å². The summed E-state index contributed by atoms with van der Waals surface area (Å²) in [5.41, 5.74) is 4.36. The third kappa shape index (κ3) is 5.20. The number of hydrogen-bond acceptors (Lipinski definition) is 3. The molecule has 0 aliphatic heterocycles. The first-order chi connectivity index (χ1) is 14.1. The van der Waals surface area contributed by atoms with Crippen molar-refractivity contribution in [2.45, 2.75) is 20.4 Å². The first-order valence-corrected chi connectivity index (χ1v) is 11.6. The van der Waals surface area contributed by atoms with E-state index in [1.54, 1.807) is 42.5 Å². The fourth-order valence-corrected chi connectivity index (χ4v) is 4.10. The number of sulfonamides is 1. The zero-order valence-corrected chi connectivity index (χ0v) is 18.6. The second-order valence-corrected chi connectivity index (χ2v) is 9.49. The number of anilines is 2. The zero-order chi connectivity index (χ0) is 21.9. The minimum atomic E-state index is -3.55. The summed E-state index contributed by atoms with van der Waals surface area (Å²) in [6.45, 7) is 3.99. The highest BCUT2D eigenvalue weighted by Crippen LogP contribution is 2.25. The van der Waals surface area contributed by atoms with Gasteiger partial charge in [0.1, 0.15) is 0 Å². The van der Waals surface area contributed by atoms with Gasteiger partial charge in [0, 0.05) is 16.3 Å². The van der Waals surface area contributed by atoms with Gasteiger partial charge in [-0.05, 0) is 66.9 Å². The van der Waals surface area contributed by atoms with E-state index >= 15 is 0 Å². The van der Waals surface area contributed by atoms with Crippen molar-refractivity contribution in [2.75, 3.05) is 15.9 Å². The fraction of sp³-hybridized carbons (Fsp3) is 0.174. The van der Waals surface area contributed by atoms with Gasteiger partial charge in [-0.3, -0.25) is 9.10 Å². The van der Waals surface area contributed by atoms with Gasteiger partial charge in [-0.15, -0.1) is 0 Å². The summed E-state index contributed by atoms with van der Waals surface area (Å²) < 4.78 is 26.0. The maximum absolute atomic E-state index is 12.6. The number of aryl methyl sites for hydroxylation is 2. The van der Waals surface area contributed by atoms with Crippen LogP contribution >= 0.6 is 11.6 Å². The monoisotopic (exact) mass is 442 g/mol. The quantitative estimate of drug-likeness (QED) is 0.572. The Morgan fingerprint density at radius 3 is 2.30 bits per heavy atom. The molecule has 0 heterocycles. The number of carbonyl (C=O) groups excluding carboxylic acids is 1. The Morgan fingerprint density at radius 2 is 1.67 bits per heavy atom. The third-order valence-corrected chi connectivity index (χ3v) is 6.24. The minimum absolute atomic E-state index is 0.104. The van der Waals surface area contributed by atoms with Gasteiger partial charge in [0.15, 0.2) is 0 Å². The second-order valence-electron chi connectivity index (χ2n) is 7.18. The first-order valence-electron chi connectivity index (χ1n) is 9.35. The molecule has 0 saturated heterocycles. The van der Waals surface area contributed by atoms with Gasteiger partial charge in [-0.25, -0.2) is 8.42 Å². The summed E-state index contributed by atoms with van der Waals surface area (Å²) >= 11 is 6.20. The molecule has 0 unspecified atom stereocenters. The number of nitrogens with zero attached hydrogens (tertiary/aromatic N) is 1. The number of benzene rings is 3. The average Bonchev–Trinajstić information content (AvgIpc) is 2.69. The Morgan fingerprint density at radius 1 is 1.00 bits per heavy atom. The molecular formula is C23H23ClN2O3S. The van der Waals surface area contributed by atoms with Crippen molar-refractivity contribution in [3.8, 4) is 0 Å². The van der Waals surface area contributed by atoms with Crippen LogP contribution in [0.15, 0.2) is 66.7 Å². The van der Waals surface area contributed by atoms with E-state index in [4.69, 9.17) is 11.6 Å². The molecule has 3 rings (SSSR count). The molecule has 3 aromatic rings. The van der Waals surface area contributed by atoms with Crippen molar-refractivity contribution in [3.05, 3.63) is 94.0 Å². The van der Waals surface area contributed by atoms with Gasteiger partial charge >= 0.3 is 0 Å². The second kappa shape index (κ2) is 8.90. The van der Waals surface area contributed by atoms with Crippen LogP contribution in [-0.4, -0.2) is 20.6 Å². The highest BCUT2D eigenvalue weighted by molar-refractivity contribution is 7.92. The number of amides is 1. The SMILES string of the molecule is Cc1ccc(C)c(NC(=O)c2ccc(N(Cc3ccccc3Cl)S(C)(=O)=O)cc2)c1. The Labute approximate surface area is 182 Å². The number of halogens is 1. The predicted molar refractivity (Wildman–Crippen MR) is 123 cm³/mol. The van der Waals surface area contributed by atoms with Crippen LogP contribution in [0.1, 0.15) is 27.0 Å². The van der Waals surface area contributed by atoms with E-state index in [1.807, 2.05) is 38.1 Å². The molecule has 1 amide bonds. The van der Waals surface area contributed by atoms with E-state index in [1.165, 1.54) is 4.31 Å². The molecule has 156 valence electrons. The maximum Gasteiger partial charge on any atom is 0.255 e. The molecule has 30 heavy (non-hydrogen) atoms. The van der Waals surface area contributed by atoms with E-state index in [-0.39, 0.29) is 12.5 Å². The molecular weight excluding hydrogens is 420 g/mol. The number of nitrogens with one attached hydrogen (secondary N) is 1. The average molecular weight is 443 g/mol. The van der Waals surface area contributed by atoms with Gasteiger partial charge in [0.05, 0.1) is 18.5 Å². The summed E-state index contributed by atoms with van der Waals surface area (Å²) in [6, 6.07) is 19.4. The van der Waals surface area contributed by atoms with E-state index in [2.05, 4.69) is 5.32 Å². The van der Waals surface area contributed by atoms with Gasteiger partial charge in [-0.2, -0.15) is 0 Å². The van der Waals surface area contributed by atoms with Crippen LogP contribution in [-0.2, 0) is 16.6 Å². The van der Waals surface area contributed by atoms with E-state index in [9.17, 15) is 13.2 Å². The molecule has 0 bridgehead atoms. The minimum Gasteiger partial charge on any atom is -0.322 e. The normalized spacial score (nSPS) is 11.2. The molecule has 0 radical (unpaired) electrons. The topological polar surface area (TPSA) is 66.5 Å². The van der Waals surface area contributed by atoms with Crippen LogP contribution in [0, 0.1) is 13.8 Å². The van der Waals surface area contributed by atoms with Crippen LogP contribution < -0.4 is 9.62 Å². The lowest BCUT2D eigenvalue weighted by molar-refractivity contribution is 0.102. The van der Waals surface area contributed by atoms with Crippen LogP contribution in [0.5, 0.6) is 0 Å². The molecule has 1 N–H and O–H groups in total. The summed E-state index contributed by atoms with van der Waals surface area (Å²) in [5, 5.41) is 3.40. The molecule has 0 fully saturated rings. The molecule has 7 heteroatoms. The summed E-state index contributed by atoms with van der Waals surface area (Å²) in [5.74, 6) is -0.257. The zero-order valence-electron chi connectivity index (χ0n) is 17.0. The van der Waals surface area contributed by atoms with Crippen molar-refractivity contribution in [2.24, 2.45) is 0 Å². The van der Waals surface area contributed by atoms with Crippen molar-refractivity contribution < 1.29 is 13.2 Å². The molecule has 0 spiro atoms. The van der Waals surface area contributed by atoms with Gasteiger partial charge in [-0.1, -0.05) is 41.9 Å². The third-order valence-electron chi connectivity index (χ3n) is 4.73. The van der Waals surface area contributed by atoms with Crippen LogP contribution in [0.4, 0.5) is 11.4 Å². The number of rotatable bonds is 6. The Kier molecular flexibility index (Phi) is 6.48. The van der Waals surface area contributed by atoms with Crippen molar-refractivity contribution >= 4 is 38.9 Å². The lowest BCUT2D eigenvalue weighted by Gasteiger charge is -2.23. The Balaban J connectivity index is 1.84. The maximum atomic E-state index is 12.6. The molecule has 0 atom stereocenters. The molecule has 3 aromatic carbocycles. The largest absolute Gasteiger partial charge is 0.322 e. The predicted octanol–water partition coefficient (Wildman–Crippen LogP) is 5.18. The summed E-state index contributed by atoms with van der Waals surface area (Å²) in [6.07, 6.45) is 1.14. The number of hydrogen-bond donors (Lipinski definition) is 1. The standard InChI is InChI=1S/C23H23ClN2O3S/c1-16-8-9-17(2)22(14-16)25-23(27)18-10-12-20(13-11-18)26(30(3,28)29)15-19-6-4-5-7-21(19)24/h4-14H,15H2,1-3H3,(H,25,27). The number of carbonyl (C=O) groups is 1. The van der Waals surface area contributed by atoms with E-state index in [0.29, 0.717) is 21.8 Å². The van der Waals surface area contributed by atoms with Gasteiger partial charge in [0.2, 0.25) is 10.0 Å². The van der Waals surface area contributed by atoms with Crippen LogP contribution in [0.3, 0.4) is 0 Å². The lowest BCUT2D eigenvalue weighted by Crippen LogP contribution is -2.29. The molecule has 0 aliphatic rings. The molecule has 0 saturated carbocycles. The molecule has 0 aliphatic carbocycles. The molecule has 0 aromatic heterocycles. The van der Waals surface area contributed by atoms with Crippen molar-refractivity contribution in [1.82, 2.24) is 0 Å². The van der Waals surface area contributed by atoms with E-state index < -0.39 is 10.0 Å². The van der Waals surface area contributed by atoms with Crippen LogP contribution in [0.25, 0.3) is 0 Å². The Hall–Kier alpha value is -2.83. The van der Waals surface area contributed by atoms with Crippen LogP contribution in [0.2, 0.25) is 5.02 Å². The van der Waals surface area contributed by atoms with Gasteiger partial charge in [0.25, 0.3) is 5.91 Å². The Bertz CT molecular complexity index is 1180. The molecule has 5 nitrogen and oxygen atoms in total. The smallest absolute Gasteiger partial charge is 0.255 e. The van der Waals surface area contributed by atoms with Crippen molar-refractivity contribution in [3.63, 3.8) is 0 Å². The van der Waals surface area contributed by atoms with Crippen molar-refractivity contribution in [1.29, 1.82) is 0 Å². The fourth-order valence-electron chi connectivity index (χ4n) is 3.03. The summed E-state index contributed by atoms with van der Waals surface area (Å²) in [7, 11) is -3.55. The highest BCUT2D eigenvalue weighted by Gasteiger charge is 2.19. The highest BCUT2D eigenvalue weighted by atomic mass is 35.5.